The number of rotatable bonds is 3. The van der Waals surface area contributed by atoms with Gasteiger partial charge in [-0.1, -0.05) is 6.07 Å². The molecule has 1 aromatic heterocycles. The average Bonchev–Trinajstić information content (AvgIpc) is 2.89. The summed E-state index contributed by atoms with van der Waals surface area (Å²) in [5.41, 5.74) is 4.48. The lowest BCUT2D eigenvalue weighted by Crippen LogP contribution is -2.24. The Kier molecular flexibility index (Phi) is 3.30. The molecule has 0 radical (unpaired) electrons. The number of aromatic hydroxyl groups is 1. The highest BCUT2D eigenvalue weighted by atomic mass is 32.1. The molecule has 3 rings (SSSR count). The van der Waals surface area contributed by atoms with Crippen molar-refractivity contribution in [2.24, 2.45) is 0 Å². The van der Waals surface area contributed by atoms with Gasteiger partial charge >= 0.3 is 0 Å². The highest BCUT2D eigenvalue weighted by Gasteiger charge is 2.19. The minimum absolute atomic E-state index is 0.372. The molecular formula is C14H16N2OS. The first-order valence-electron chi connectivity index (χ1n) is 6.25. The molecule has 1 aliphatic rings. The lowest BCUT2D eigenvalue weighted by atomic mass is 9.87. The maximum absolute atomic E-state index is 9.53. The van der Waals surface area contributed by atoms with E-state index in [1.165, 1.54) is 22.4 Å². The first-order chi connectivity index (χ1) is 8.83. The molecule has 94 valence electrons. The van der Waals surface area contributed by atoms with Crippen LogP contribution >= 0.6 is 11.3 Å². The molecule has 0 saturated carbocycles. The van der Waals surface area contributed by atoms with Gasteiger partial charge in [0.05, 0.1) is 5.51 Å². The third-order valence-electron chi connectivity index (χ3n) is 3.45. The minimum Gasteiger partial charge on any atom is -0.508 e. The van der Waals surface area contributed by atoms with Crippen LogP contribution in [0.15, 0.2) is 29.9 Å². The summed E-state index contributed by atoms with van der Waals surface area (Å²) in [7, 11) is 0. The van der Waals surface area contributed by atoms with E-state index < -0.39 is 0 Å². The number of aromatic nitrogens is 1. The zero-order valence-corrected chi connectivity index (χ0v) is 10.9. The first-order valence-corrected chi connectivity index (χ1v) is 7.13. The van der Waals surface area contributed by atoms with Crippen LogP contribution in [0.3, 0.4) is 0 Å². The fourth-order valence-electron chi connectivity index (χ4n) is 2.57. The average molecular weight is 260 g/mol. The van der Waals surface area contributed by atoms with Gasteiger partial charge in [0.15, 0.2) is 0 Å². The lowest BCUT2D eigenvalue weighted by molar-refractivity contribution is 0.450. The SMILES string of the molecule is Oc1ccc2c(c1)CCCC2NCc1cncs1. The Morgan fingerprint density at radius 3 is 3.22 bits per heavy atom. The van der Waals surface area contributed by atoms with Crippen molar-refractivity contribution in [2.45, 2.75) is 31.8 Å². The number of aryl methyl sites for hydroxylation is 1. The van der Waals surface area contributed by atoms with Gasteiger partial charge in [-0.2, -0.15) is 0 Å². The van der Waals surface area contributed by atoms with Gasteiger partial charge in [0.2, 0.25) is 0 Å². The van der Waals surface area contributed by atoms with Gasteiger partial charge in [-0.3, -0.25) is 4.98 Å². The second-order valence-corrected chi connectivity index (χ2v) is 5.65. The van der Waals surface area contributed by atoms with Crippen molar-refractivity contribution in [3.63, 3.8) is 0 Å². The monoisotopic (exact) mass is 260 g/mol. The van der Waals surface area contributed by atoms with Crippen LogP contribution < -0.4 is 5.32 Å². The molecule has 1 aliphatic carbocycles. The maximum Gasteiger partial charge on any atom is 0.115 e. The molecule has 2 aromatic rings. The van der Waals surface area contributed by atoms with Crippen molar-refractivity contribution in [1.82, 2.24) is 10.3 Å². The van der Waals surface area contributed by atoms with Crippen LogP contribution in [0.5, 0.6) is 5.75 Å². The van der Waals surface area contributed by atoms with E-state index in [1.807, 2.05) is 23.8 Å². The topological polar surface area (TPSA) is 45.1 Å². The van der Waals surface area contributed by atoms with E-state index in [0.29, 0.717) is 11.8 Å². The van der Waals surface area contributed by atoms with Crippen LogP contribution in [0, 0.1) is 0 Å². The third kappa shape index (κ3) is 2.40. The Bertz CT molecular complexity index is 525. The molecule has 4 heteroatoms. The lowest BCUT2D eigenvalue weighted by Gasteiger charge is -2.26. The van der Waals surface area contributed by atoms with Crippen molar-refractivity contribution in [1.29, 1.82) is 0 Å². The third-order valence-corrected chi connectivity index (χ3v) is 4.23. The normalized spacial score (nSPS) is 18.6. The molecule has 0 bridgehead atoms. The standard InChI is InChI=1S/C14H16N2OS/c17-11-4-5-13-10(6-11)2-1-3-14(13)16-8-12-7-15-9-18-12/h4-7,9,14,16-17H,1-3,8H2. The zero-order chi connectivity index (χ0) is 12.4. The van der Waals surface area contributed by atoms with Gasteiger partial charge in [0, 0.05) is 23.7 Å². The molecule has 1 heterocycles. The van der Waals surface area contributed by atoms with E-state index >= 15 is 0 Å². The number of fused-ring (bicyclic) bond motifs is 1. The first kappa shape index (κ1) is 11.7. The smallest absolute Gasteiger partial charge is 0.115 e. The van der Waals surface area contributed by atoms with Crippen LogP contribution in [0.2, 0.25) is 0 Å². The van der Waals surface area contributed by atoms with Gasteiger partial charge < -0.3 is 10.4 Å². The molecule has 1 aromatic carbocycles. The summed E-state index contributed by atoms with van der Waals surface area (Å²) in [6.45, 7) is 0.871. The molecule has 0 aliphatic heterocycles. The predicted molar refractivity (Wildman–Crippen MR) is 72.7 cm³/mol. The number of hydrogen-bond donors (Lipinski definition) is 2. The second kappa shape index (κ2) is 5.08. The maximum atomic E-state index is 9.53. The van der Waals surface area contributed by atoms with Gasteiger partial charge in [0.1, 0.15) is 5.75 Å². The Morgan fingerprint density at radius 2 is 2.39 bits per heavy atom. The molecule has 0 fully saturated rings. The number of nitrogens with one attached hydrogen (secondary N) is 1. The van der Waals surface area contributed by atoms with Gasteiger partial charge in [0.25, 0.3) is 0 Å². The quantitative estimate of drug-likeness (QED) is 0.891. The molecule has 0 saturated heterocycles. The van der Waals surface area contributed by atoms with Crippen LogP contribution in [-0.4, -0.2) is 10.1 Å². The summed E-state index contributed by atoms with van der Waals surface area (Å²) in [5, 5.41) is 13.1. The van der Waals surface area contributed by atoms with E-state index in [-0.39, 0.29) is 0 Å². The number of phenols is 1. The van der Waals surface area contributed by atoms with E-state index in [9.17, 15) is 5.11 Å². The molecule has 1 unspecified atom stereocenters. The van der Waals surface area contributed by atoms with Crippen LogP contribution in [0.25, 0.3) is 0 Å². The van der Waals surface area contributed by atoms with Crippen LogP contribution in [0.4, 0.5) is 0 Å². The number of thiazole rings is 1. The van der Waals surface area contributed by atoms with Crippen LogP contribution in [-0.2, 0) is 13.0 Å². The van der Waals surface area contributed by atoms with Crippen molar-refractivity contribution < 1.29 is 5.11 Å². The van der Waals surface area contributed by atoms with Gasteiger partial charge in [-0.05, 0) is 42.5 Å². The zero-order valence-electron chi connectivity index (χ0n) is 10.1. The number of phenolic OH excluding ortho intramolecular Hbond substituents is 1. The van der Waals surface area contributed by atoms with E-state index in [1.54, 1.807) is 17.4 Å². The van der Waals surface area contributed by atoms with Gasteiger partial charge in [-0.15, -0.1) is 11.3 Å². The summed E-state index contributed by atoms with van der Waals surface area (Å²) >= 11 is 1.68. The summed E-state index contributed by atoms with van der Waals surface area (Å²) in [6, 6.07) is 6.13. The number of hydrogen-bond acceptors (Lipinski definition) is 4. The predicted octanol–water partition coefficient (Wildman–Crippen LogP) is 3.02. The fraction of sp³-hybridized carbons (Fsp3) is 0.357. The highest BCUT2D eigenvalue weighted by molar-refractivity contribution is 7.09. The van der Waals surface area contributed by atoms with E-state index in [2.05, 4.69) is 10.3 Å². The van der Waals surface area contributed by atoms with Crippen molar-refractivity contribution in [3.8, 4) is 5.75 Å². The molecule has 0 spiro atoms. The van der Waals surface area contributed by atoms with Gasteiger partial charge in [-0.25, -0.2) is 0 Å². The second-order valence-electron chi connectivity index (χ2n) is 4.68. The largest absolute Gasteiger partial charge is 0.508 e. The Labute approximate surface area is 111 Å². The Morgan fingerprint density at radius 1 is 1.44 bits per heavy atom. The Balaban J connectivity index is 1.75. The molecule has 18 heavy (non-hydrogen) atoms. The van der Waals surface area contributed by atoms with Crippen molar-refractivity contribution >= 4 is 11.3 Å². The summed E-state index contributed by atoms with van der Waals surface area (Å²) in [6.07, 6.45) is 5.33. The molecule has 0 amide bonds. The summed E-state index contributed by atoms with van der Waals surface area (Å²) < 4.78 is 0. The number of nitrogens with zero attached hydrogens (tertiary/aromatic N) is 1. The number of benzene rings is 1. The molecular weight excluding hydrogens is 244 g/mol. The Hall–Kier alpha value is -1.39. The summed E-state index contributed by atoms with van der Waals surface area (Å²) in [5.74, 6) is 0.372. The van der Waals surface area contributed by atoms with Crippen molar-refractivity contribution in [3.05, 3.63) is 45.9 Å². The molecule has 3 nitrogen and oxygen atoms in total. The minimum atomic E-state index is 0.372. The van der Waals surface area contributed by atoms with E-state index in [0.717, 1.165) is 19.4 Å². The molecule has 2 N–H and O–H groups in total. The van der Waals surface area contributed by atoms with E-state index in [4.69, 9.17) is 0 Å². The summed E-state index contributed by atoms with van der Waals surface area (Å²) in [4.78, 5) is 5.35. The van der Waals surface area contributed by atoms with Crippen LogP contribution in [0.1, 0.15) is 34.9 Å². The van der Waals surface area contributed by atoms with Crippen molar-refractivity contribution in [2.75, 3.05) is 0 Å². The molecule has 1 atom stereocenters. The highest BCUT2D eigenvalue weighted by Crippen LogP contribution is 2.32. The fourth-order valence-corrected chi connectivity index (χ4v) is 3.11.